The average molecular weight is 412 g/mol. The fraction of sp³-hybridized carbons (Fsp3) is 0.0833. The van der Waals surface area contributed by atoms with Crippen molar-refractivity contribution >= 4 is 28.7 Å². The minimum Gasteiger partial charge on any atom is -0.465 e. The number of para-hydroxylation sites is 1. The number of rotatable bonds is 3. The molecule has 0 saturated carbocycles. The lowest BCUT2D eigenvalue weighted by Crippen LogP contribution is -2.30. The summed E-state index contributed by atoms with van der Waals surface area (Å²) < 4.78 is 10.6. The first-order valence-electron chi connectivity index (χ1n) is 9.58. The monoisotopic (exact) mass is 412 g/mol. The first-order valence-corrected chi connectivity index (χ1v) is 9.58. The lowest BCUT2D eigenvalue weighted by Gasteiger charge is -2.24. The summed E-state index contributed by atoms with van der Waals surface area (Å²) in [5, 5.41) is 0.396. The van der Waals surface area contributed by atoms with Crippen molar-refractivity contribution in [3.05, 3.63) is 106 Å². The van der Waals surface area contributed by atoms with E-state index in [2.05, 4.69) is 4.98 Å². The Bertz CT molecular complexity index is 1380. The average Bonchev–Trinajstić information content (AvgIpc) is 3.12. The first-order chi connectivity index (χ1) is 15.1. The van der Waals surface area contributed by atoms with Gasteiger partial charge in [-0.2, -0.15) is 0 Å². The van der Waals surface area contributed by atoms with Gasteiger partial charge in [-0.15, -0.1) is 0 Å². The second-order valence-corrected chi connectivity index (χ2v) is 7.05. The van der Waals surface area contributed by atoms with Crippen LogP contribution >= 0.6 is 0 Å². The molecule has 152 valence electrons. The van der Waals surface area contributed by atoms with Gasteiger partial charge in [0.1, 0.15) is 11.4 Å². The molecule has 0 spiro atoms. The molecule has 0 bridgehead atoms. The lowest BCUT2D eigenvalue weighted by atomic mass is 9.97. The van der Waals surface area contributed by atoms with E-state index in [4.69, 9.17) is 9.15 Å². The smallest absolute Gasteiger partial charge is 0.337 e. The van der Waals surface area contributed by atoms with Crippen molar-refractivity contribution < 1.29 is 18.7 Å². The summed E-state index contributed by atoms with van der Waals surface area (Å²) >= 11 is 0. The molecule has 31 heavy (non-hydrogen) atoms. The quantitative estimate of drug-likeness (QED) is 0.477. The Labute approximate surface area is 176 Å². The first kappa shape index (κ1) is 18.7. The van der Waals surface area contributed by atoms with Gasteiger partial charge in [0, 0.05) is 6.20 Å². The van der Waals surface area contributed by atoms with Crippen LogP contribution in [0.15, 0.2) is 82.1 Å². The molecule has 1 aliphatic rings. The van der Waals surface area contributed by atoms with Gasteiger partial charge in [0.2, 0.25) is 5.76 Å². The van der Waals surface area contributed by atoms with E-state index < -0.39 is 17.9 Å². The number of esters is 1. The number of hydrogen-bond acceptors (Lipinski definition) is 6. The van der Waals surface area contributed by atoms with Crippen LogP contribution in [-0.2, 0) is 4.74 Å². The predicted molar refractivity (Wildman–Crippen MR) is 113 cm³/mol. The molecule has 7 nitrogen and oxygen atoms in total. The van der Waals surface area contributed by atoms with Crippen LogP contribution in [0.25, 0.3) is 11.0 Å². The molecule has 1 aliphatic heterocycles. The lowest BCUT2D eigenvalue weighted by molar-refractivity contribution is 0.0600. The topological polar surface area (TPSA) is 89.7 Å². The molecule has 0 radical (unpaired) electrons. The highest BCUT2D eigenvalue weighted by atomic mass is 16.5. The van der Waals surface area contributed by atoms with Crippen LogP contribution in [0, 0.1) is 0 Å². The largest absolute Gasteiger partial charge is 0.465 e. The third-order valence-electron chi connectivity index (χ3n) is 5.32. The summed E-state index contributed by atoms with van der Waals surface area (Å²) in [6, 6.07) is 17.9. The van der Waals surface area contributed by atoms with Gasteiger partial charge in [0.25, 0.3) is 5.91 Å². The van der Waals surface area contributed by atoms with Gasteiger partial charge >= 0.3 is 5.97 Å². The highest BCUT2D eigenvalue weighted by Crippen LogP contribution is 2.40. The molecule has 0 N–H and O–H groups in total. The number of nitrogens with zero attached hydrogens (tertiary/aromatic N) is 2. The summed E-state index contributed by atoms with van der Waals surface area (Å²) in [5.74, 6) is -0.527. The van der Waals surface area contributed by atoms with E-state index in [1.54, 1.807) is 72.9 Å². The van der Waals surface area contributed by atoms with E-state index in [-0.39, 0.29) is 16.8 Å². The van der Waals surface area contributed by atoms with Crippen LogP contribution in [0.5, 0.6) is 0 Å². The van der Waals surface area contributed by atoms with E-state index in [1.165, 1.54) is 12.0 Å². The SMILES string of the molecule is COC(=O)c1ccc([C@H]2c3c(oc4ccccc4c3=O)C(=O)N2c2ccccn2)cc1. The Kier molecular flexibility index (Phi) is 4.36. The van der Waals surface area contributed by atoms with Crippen molar-refractivity contribution in [1.82, 2.24) is 4.98 Å². The zero-order valence-electron chi connectivity index (χ0n) is 16.4. The normalized spacial score (nSPS) is 15.2. The number of carbonyl (C=O) groups excluding carboxylic acids is 2. The number of amides is 1. The Balaban J connectivity index is 1.75. The number of carbonyl (C=O) groups is 2. The van der Waals surface area contributed by atoms with Crippen molar-refractivity contribution in [1.29, 1.82) is 0 Å². The summed E-state index contributed by atoms with van der Waals surface area (Å²) in [6.45, 7) is 0. The second-order valence-electron chi connectivity index (χ2n) is 7.05. The number of benzene rings is 2. The standard InChI is InChI=1S/C24H16N2O5/c1-30-24(29)15-11-9-14(10-12-15)20-19-21(27)16-6-2-3-7-17(16)31-22(19)23(28)26(20)18-8-4-5-13-25-18/h2-13,20H,1H3/t20-/m0/s1. The molecule has 0 aliphatic carbocycles. The van der Waals surface area contributed by atoms with Crippen molar-refractivity contribution in [2.75, 3.05) is 12.0 Å². The minimum atomic E-state index is -0.745. The Morgan fingerprint density at radius 2 is 1.74 bits per heavy atom. The van der Waals surface area contributed by atoms with Gasteiger partial charge in [-0.1, -0.05) is 30.3 Å². The van der Waals surface area contributed by atoms with Gasteiger partial charge < -0.3 is 9.15 Å². The molecule has 1 atom stereocenters. The molecule has 2 aromatic heterocycles. The number of pyridine rings is 1. The molecule has 4 aromatic rings. The third kappa shape index (κ3) is 2.90. The minimum absolute atomic E-state index is 0.00334. The maximum Gasteiger partial charge on any atom is 0.337 e. The molecule has 5 rings (SSSR count). The molecule has 0 unspecified atom stereocenters. The molecule has 1 amide bonds. The maximum atomic E-state index is 13.4. The van der Waals surface area contributed by atoms with Gasteiger partial charge in [-0.3, -0.25) is 14.5 Å². The summed E-state index contributed by atoms with van der Waals surface area (Å²) in [5.41, 5.74) is 1.34. The van der Waals surface area contributed by atoms with E-state index in [9.17, 15) is 14.4 Å². The van der Waals surface area contributed by atoms with Gasteiger partial charge in [-0.05, 0) is 42.0 Å². The molecule has 2 aromatic carbocycles. The van der Waals surface area contributed by atoms with Crippen LogP contribution in [0.3, 0.4) is 0 Å². The van der Waals surface area contributed by atoms with Crippen molar-refractivity contribution in [3.8, 4) is 0 Å². The molecular formula is C24H16N2O5. The number of aromatic nitrogens is 1. The van der Waals surface area contributed by atoms with Crippen LogP contribution in [0.4, 0.5) is 5.82 Å². The van der Waals surface area contributed by atoms with Gasteiger partial charge in [-0.25, -0.2) is 9.78 Å². The molecule has 0 fully saturated rings. The number of anilines is 1. The number of fused-ring (bicyclic) bond motifs is 2. The van der Waals surface area contributed by atoms with Crippen molar-refractivity contribution in [3.63, 3.8) is 0 Å². The van der Waals surface area contributed by atoms with Crippen LogP contribution < -0.4 is 10.3 Å². The summed E-state index contributed by atoms with van der Waals surface area (Å²) in [7, 11) is 1.31. The highest BCUT2D eigenvalue weighted by Gasteiger charge is 2.44. The zero-order valence-corrected chi connectivity index (χ0v) is 16.4. The fourth-order valence-electron chi connectivity index (χ4n) is 3.89. The fourth-order valence-corrected chi connectivity index (χ4v) is 3.89. The molecule has 7 heteroatoms. The molecular weight excluding hydrogens is 396 g/mol. The van der Waals surface area contributed by atoms with E-state index in [0.29, 0.717) is 27.9 Å². The predicted octanol–water partition coefficient (Wildman–Crippen LogP) is 3.72. The van der Waals surface area contributed by atoms with E-state index in [0.717, 1.165) is 0 Å². The Morgan fingerprint density at radius 1 is 1.00 bits per heavy atom. The van der Waals surface area contributed by atoms with Crippen LogP contribution in [0.2, 0.25) is 0 Å². The second kappa shape index (κ2) is 7.21. The molecule has 3 heterocycles. The Hall–Kier alpha value is -4.26. The third-order valence-corrected chi connectivity index (χ3v) is 5.32. The molecule has 0 saturated heterocycles. The number of methoxy groups -OCH3 is 1. The van der Waals surface area contributed by atoms with Crippen molar-refractivity contribution in [2.24, 2.45) is 0 Å². The maximum absolute atomic E-state index is 13.4. The zero-order chi connectivity index (χ0) is 21.5. The number of ether oxygens (including phenoxy) is 1. The summed E-state index contributed by atoms with van der Waals surface area (Å²) in [4.78, 5) is 44.4. The van der Waals surface area contributed by atoms with Crippen molar-refractivity contribution in [2.45, 2.75) is 6.04 Å². The van der Waals surface area contributed by atoms with Crippen LogP contribution in [0.1, 0.15) is 38.1 Å². The Morgan fingerprint density at radius 3 is 2.45 bits per heavy atom. The van der Waals surface area contributed by atoms with E-state index in [1.807, 2.05) is 0 Å². The highest BCUT2D eigenvalue weighted by molar-refractivity contribution is 6.10. The van der Waals surface area contributed by atoms with E-state index >= 15 is 0 Å². The summed E-state index contributed by atoms with van der Waals surface area (Å²) in [6.07, 6.45) is 1.58. The number of hydrogen-bond donors (Lipinski definition) is 0. The van der Waals surface area contributed by atoms with Gasteiger partial charge in [0.05, 0.1) is 29.7 Å². The van der Waals surface area contributed by atoms with Gasteiger partial charge in [0.15, 0.2) is 5.43 Å². The van der Waals surface area contributed by atoms with Crippen LogP contribution in [-0.4, -0.2) is 24.0 Å².